The summed E-state index contributed by atoms with van der Waals surface area (Å²) in [7, 11) is 1.72. The number of nitrogens with zero attached hydrogens (tertiary/aromatic N) is 4. The van der Waals surface area contributed by atoms with Gasteiger partial charge < -0.3 is 5.32 Å². The molecule has 1 aromatic carbocycles. The van der Waals surface area contributed by atoms with Gasteiger partial charge in [-0.15, -0.1) is 16.4 Å². The third-order valence-electron chi connectivity index (χ3n) is 2.60. The molecule has 0 atom stereocenters. The summed E-state index contributed by atoms with van der Waals surface area (Å²) in [5, 5.41) is 9.56. The number of thiazole rings is 1. The van der Waals surface area contributed by atoms with Gasteiger partial charge in [0.05, 0.1) is 0 Å². The zero-order valence-electron chi connectivity index (χ0n) is 10.6. The average Bonchev–Trinajstić information content (AvgIpc) is 3.10. The van der Waals surface area contributed by atoms with E-state index < -0.39 is 0 Å². The van der Waals surface area contributed by atoms with E-state index in [9.17, 15) is 4.79 Å². The maximum Gasteiger partial charge on any atom is 0.295 e. The first-order valence-electron chi connectivity index (χ1n) is 5.89. The highest BCUT2D eigenvalue weighted by atomic mass is 32.1. The van der Waals surface area contributed by atoms with E-state index in [4.69, 9.17) is 0 Å². The Bertz CT molecular complexity index is 735. The first-order chi connectivity index (χ1) is 9.72. The number of aryl methyl sites for hydroxylation is 1. The second kappa shape index (κ2) is 5.22. The highest BCUT2D eigenvalue weighted by Gasteiger charge is 2.11. The van der Waals surface area contributed by atoms with Crippen LogP contribution in [0.4, 0.5) is 5.69 Å². The largest absolute Gasteiger partial charge is 0.319 e. The van der Waals surface area contributed by atoms with Gasteiger partial charge in [0.2, 0.25) is 5.82 Å². The summed E-state index contributed by atoms with van der Waals surface area (Å²) in [5.74, 6) is -0.186. The van der Waals surface area contributed by atoms with Crippen LogP contribution in [0.3, 0.4) is 0 Å². The smallest absolute Gasteiger partial charge is 0.295 e. The Balaban J connectivity index is 1.81. The van der Waals surface area contributed by atoms with Crippen LogP contribution in [0.25, 0.3) is 10.6 Å². The third-order valence-corrected chi connectivity index (χ3v) is 3.42. The Labute approximate surface area is 119 Å². The van der Waals surface area contributed by atoms with Crippen molar-refractivity contribution in [3.63, 3.8) is 0 Å². The van der Waals surface area contributed by atoms with Crippen molar-refractivity contribution in [1.29, 1.82) is 0 Å². The van der Waals surface area contributed by atoms with Gasteiger partial charge in [0.25, 0.3) is 5.91 Å². The topological polar surface area (TPSA) is 72.7 Å². The highest BCUT2D eigenvalue weighted by Crippen LogP contribution is 2.24. The van der Waals surface area contributed by atoms with Gasteiger partial charge in [-0.2, -0.15) is 0 Å². The molecule has 0 aliphatic rings. The maximum atomic E-state index is 12.0. The van der Waals surface area contributed by atoms with Crippen molar-refractivity contribution in [1.82, 2.24) is 19.7 Å². The normalized spacial score (nSPS) is 10.4. The van der Waals surface area contributed by atoms with Crippen LogP contribution in [-0.4, -0.2) is 25.7 Å². The minimum Gasteiger partial charge on any atom is -0.319 e. The summed E-state index contributed by atoms with van der Waals surface area (Å²) in [4.78, 5) is 20.1. The number of carbonyl (C=O) groups excluding carboxylic acids is 1. The van der Waals surface area contributed by atoms with Crippen LogP contribution in [0.1, 0.15) is 10.6 Å². The van der Waals surface area contributed by atoms with Crippen LogP contribution < -0.4 is 5.32 Å². The monoisotopic (exact) mass is 285 g/mol. The number of hydrogen-bond donors (Lipinski definition) is 1. The minimum absolute atomic E-state index is 0.146. The second-order valence-electron chi connectivity index (χ2n) is 4.11. The van der Waals surface area contributed by atoms with Crippen molar-refractivity contribution >= 4 is 22.9 Å². The van der Waals surface area contributed by atoms with E-state index in [1.165, 1.54) is 11.0 Å². The van der Waals surface area contributed by atoms with Gasteiger partial charge in [-0.05, 0) is 12.1 Å². The molecule has 3 rings (SSSR count). The summed E-state index contributed by atoms with van der Waals surface area (Å²) in [6.07, 6.45) is 3.24. The molecule has 0 aliphatic heterocycles. The molecule has 1 amide bonds. The first-order valence-corrected chi connectivity index (χ1v) is 6.77. The molecule has 0 fully saturated rings. The molecule has 0 bridgehead atoms. The molecule has 3 aromatic rings. The zero-order chi connectivity index (χ0) is 13.9. The van der Waals surface area contributed by atoms with E-state index in [-0.39, 0.29) is 11.7 Å². The lowest BCUT2D eigenvalue weighted by Crippen LogP contribution is -2.14. The predicted molar refractivity (Wildman–Crippen MR) is 76.5 cm³/mol. The standard InChI is InChI=1S/C13H11N5OS/c1-18-8-15-11(17-18)12(19)16-10-4-2-3-9(7-10)13-14-5-6-20-13/h2-8H,1H3,(H,16,19). The van der Waals surface area contributed by atoms with Gasteiger partial charge in [0.15, 0.2) is 0 Å². The number of carbonyl (C=O) groups is 1. The second-order valence-corrected chi connectivity index (χ2v) is 5.01. The number of aromatic nitrogens is 4. The highest BCUT2D eigenvalue weighted by molar-refractivity contribution is 7.13. The average molecular weight is 285 g/mol. The quantitative estimate of drug-likeness (QED) is 0.800. The lowest BCUT2D eigenvalue weighted by Gasteiger charge is -2.04. The Morgan fingerprint density at radius 3 is 2.95 bits per heavy atom. The van der Waals surface area contributed by atoms with Crippen molar-refractivity contribution in [2.45, 2.75) is 0 Å². The fraction of sp³-hybridized carbons (Fsp3) is 0.0769. The molecular weight excluding hydrogens is 274 g/mol. The molecule has 100 valence electrons. The van der Waals surface area contributed by atoms with Crippen LogP contribution in [0, 0.1) is 0 Å². The summed E-state index contributed by atoms with van der Waals surface area (Å²) >= 11 is 1.55. The first kappa shape index (κ1) is 12.5. The molecule has 0 aliphatic carbocycles. The molecule has 6 nitrogen and oxygen atoms in total. The maximum absolute atomic E-state index is 12.0. The number of amides is 1. The Hall–Kier alpha value is -2.54. The Kier molecular flexibility index (Phi) is 3.26. The van der Waals surface area contributed by atoms with Crippen molar-refractivity contribution in [3.8, 4) is 10.6 Å². The lowest BCUT2D eigenvalue weighted by molar-refractivity contribution is 0.101. The fourth-order valence-electron chi connectivity index (χ4n) is 1.73. The molecule has 7 heteroatoms. The Morgan fingerprint density at radius 2 is 2.25 bits per heavy atom. The minimum atomic E-state index is -0.332. The molecule has 0 spiro atoms. The van der Waals surface area contributed by atoms with E-state index in [1.807, 2.05) is 29.6 Å². The van der Waals surface area contributed by atoms with E-state index >= 15 is 0 Å². The third kappa shape index (κ3) is 2.57. The molecule has 0 radical (unpaired) electrons. The molecule has 0 unspecified atom stereocenters. The van der Waals surface area contributed by atoms with Gasteiger partial charge in [-0.25, -0.2) is 9.97 Å². The van der Waals surface area contributed by atoms with Crippen molar-refractivity contribution in [2.24, 2.45) is 7.05 Å². The molecule has 2 aromatic heterocycles. The van der Waals surface area contributed by atoms with E-state index in [2.05, 4.69) is 20.4 Å². The SMILES string of the molecule is Cn1cnc(C(=O)Nc2cccc(-c3nccs3)c2)n1. The fourth-order valence-corrected chi connectivity index (χ4v) is 2.36. The Morgan fingerprint density at radius 1 is 1.35 bits per heavy atom. The molecule has 2 heterocycles. The van der Waals surface area contributed by atoms with Crippen LogP contribution in [0.15, 0.2) is 42.2 Å². The summed E-state index contributed by atoms with van der Waals surface area (Å²) in [6.45, 7) is 0. The van der Waals surface area contributed by atoms with Gasteiger partial charge in [0, 0.05) is 29.9 Å². The van der Waals surface area contributed by atoms with Crippen molar-refractivity contribution < 1.29 is 4.79 Å². The molecule has 20 heavy (non-hydrogen) atoms. The van der Waals surface area contributed by atoms with Gasteiger partial charge in [-0.1, -0.05) is 12.1 Å². The summed E-state index contributed by atoms with van der Waals surface area (Å²) in [5.41, 5.74) is 1.65. The van der Waals surface area contributed by atoms with Crippen LogP contribution in [0.2, 0.25) is 0 Å². The number of hydrogen-bond acceptors (Lipinski definition) is 5. The summed E-state index contributed by atoms with van der Waals surface area (Å²) in [6, 6.07) is 7.52. The number of nitrogens with one attached hydrogen (secondary N) is 1. The zero-order valence-corrected chi connectivity index (χ0v) is 11.5. The van der Waals surface area contributed by atoms with Crippen molar-refractivity contribution in [2.75, 3.05) is 5.32 Å². The molecule has 0 saturated heterocycles. The predicted octanol–water partition coefficient (Wildman–Crippen LogP) is 2.19. The molecular formula is C13H11N5OS. The van der Waals surface area contributed by atoms with E-state index in [1.54, 1.807) is 24.6 Å². The van der Waals surface area contributed by atoms with E-state index in [0.717, 1.165) is 10.6 Å². The van der Waals surface area contributed by atoms with Crippen LogP contribution in [-0.2, 0) is 7.05 Å². The number of rotatable bonds is 3. The molecule has 1 N–H and O–H groups in total. The van der Waals surface area contributed by atoms with Crippen LogP contribution in [0.5, 0.6) is 0 Å². The van der Waals surface area contributed by atoms with Gasteiger partial charge in [0.1, 0.15) is 11.3 Å². The number of anilines is 1. The van der Waals surface area contributed by atoms with Crippen molar-refractivity contribution in [3.05, 3.63) is 48.0 Å². The van der Waals surface area contributed by atoms with Crippen LogP contribution >= 0.6 is 11.3 Å². The lowest BCUT2D eigenvalue weighted by atomic mass is 10.2. The number of benzene rings is 1. The van der Waals surface area contributed by atoms with Gasteiger partial charge >= 0.3 is 0 Å². The van der Waals surface area contributed by atoms with Gasteiger partial charge in [-0.3, -0.25) is 9.48 Å². The molecule has 0 saturated carbocycles. The van der Waals surface area contributed by atoms with E-state index in [0.29, 0.717) is 5.69 Å². The summed E-state index contributed by atoms with van der Waals surface area (Å²) < 4.78 is 1.49.